The summed E-state index contributed by atoms with van der Waals surface area (Å²) in [5, 5.41) is 16.0. The molecule has 3 aromatic rings. The fraction of sp³-hybridized carbons (Fsp3) is 0.0556. The van der Waals surface area contributed by atoms with Gasteiger partial charge in [-0.15, -0.1) is 10.2 Å². The monoisotopic (exact) mass is 511 g/mol. The van der Waals surface area contributed by atoms with E-state index in [9.17, 15) is 9.59 Å². The van der Waals surface area contributed by atoms with Gasteiger partial charge in [-0.25, -0.2) is 5.43 Å². The molecule has 0 radical (unpaired) electrons. The number of aromatic nitrogens is 2. The van der Waals surface area contributed by atoms with E-state index >= 15 is 0 Å². The van der Waals surface area contributed by atoms with E-state index in [2.05, 4.69) is 42.0 Å². The average molecular weight is 513 g/mol. The van der Waals surface area contributed by atoms with Crippen LogP contribution in [0.2, 0.25) is 10.0 Å². The predicted molar refractivity (Wildman–Crippen MR) is 118 cm³/mol. The third kappa shape index (κ3) is 6.33. The number of halogens is 3. The van der Waals surface area contributed by atoms with E-state index in [1.165, 1.54) is 6.21 Å². The highest BCUT2D eigenvalue weighted by atomic mass is 79.9. The largest absolute Gasteiger partial charge is 0.296 e. The highest BCUT2D eigenvalue weighted by Gasteiger charge is 2.12. The van der Waals surface area contributed by atoms with Crippen LogP contribution in [0, 0.1) is 0 Å². The minimum atomic E-state index is -0.381. The summed E-state index contributed by atoms with van der Waals surface area (Å²) >= 11 is 16.3. The van der Waals surface area contributed by atoms with Crippen molar-refractivity contribution in [3.8, 4) is 0 Å². The molecule has 0 saturated heterocycles. The molecule has 2 N–H and O–H groups in total. The van der Waals surface area contributed by atoms with Crippen molar-refractivity contribution in [1.82, 2.24) is 15.6 Å². The molecule has 0 unspecified atom stereocenters. The van der Waals surface area contributed by atoms with Crippen molar-refractivity contribution in [2.45, 2.75) is 6.42 Å². The fourth-order valence-corrected chi connectivity index (χ4v) is 3.56. The molecule has 148 valence electrons. The van der Waals surface area contributed by atoms with Gasteiger partial charge in [-0.3, -0.25) is 14.9 Å². The Labute approximate surface area is 188 Å². The molecule has 2 amide bonds. The number of hydrogen-bond acceptors (Lipinski definition) is 6. The molecule has 29 heavy (non-hydrogen) atoms. The van der Waals surface area contributed by atoms with Crippen molar-refractivity contribution in [2.24, 2.45) is 5.10 Å². The highest BCUT2D eigenvalue weighted by molar-refractivity contribution is 9.10. The normalized spacial score (nSPS) is 10.9. The van der Waals surface area contributed by atoms with Gasteiger partial charge in [0, 0.05) is 20.6 Å². The summed E-state index contributed by atoms with van der Waals surface area (Å²) in [5.41, 5.74) is 3.49. The fourth-order valence-electron chi connectivity index (χ4n) is 2.10. The van der Waals surface area contributed by atoms with Crippen molar-refractivity contribution in [3.05, 3.63) is 73.1 Å². The number of carbonyl (C=O) groups excluding carboxylic acids is 2. The molecule has 7 nitrogen and oxygen atoms in total. The number of benzene rings is 2. The summed E-state index contributed by atoms with van der Waals surface area (Å²) in [4.78, 5) is 24.2. The third-order valence-electron chi connectivity index (χ3n) is 3.46. The molecule has 0 fully saturated rings. The molecular weight excluding hydrogens is 501 g/mol. The second-order valence-electron chi connectivity index (χ2n) is 5.60. The van der Waals surface area contributed by atoms with Crippen molar-refractivity contribution in [2.75, 3.05) is 5.32 Å². The topological polar surface area (TPSA) is 96.3 Å². The van der Waals surface area contributed by atoms with Crippen molar-refractivity contribution in [3.63, 3.8) is 0 Å². The summed E-state index contributed by atoms with van der Waals surface area (Å²) in [5.74, 6) is -0.692. The molecule has 0 aliphatic rings. The van der Waals surface area contributed by atoms with Gasteiger partial charge in [0.1, 0.15) is 5.01 Å². The lowest BCUT2D eigenvalue weighted by atomic mass is 10.2. The molecule has 0 aliphatic heterocycles. The van der Waals surface area contributed by atoms with Crippen molar-refractivity contribution < 1.29 is 9.59 Å². The minimum absolute atomic E-state index is 0.0302. The molecule has 0 bridgehead atoms. The summed E-state index contributed by atoms with van der Waals surface area (Å²) in [6.07, 6.45) is 1.39. The van der Waals surface area contributed by atoms with Crippen LogP contribution in [0.25, 0.3) is 0 Å². The molecule has 0 saturated carbocycles. The maximum atomic E-state index is 12.2. The zero-order valence-electron chi connectivity index (χ0n) is 14.5. The van der Waals surface area contributed by atoms with E-state index in [4.69, 9.17) is 23.2 Å². The number of amides is 2. The molecule has 2 aromatic carbocycles. The number of nitrogens with one attached hydrogen (secondary N) is 2. The van der Waals surface area contributed by atoms with E-state index in [1.54, 1.807) is 42.5 Å². The van der Waals surface area contributed by atoms with Crippen LogP contribution in [0.5, 0.6) is 0 Å². The van der Waals surface area contributed by atoms with E-state index in [0.29, 0.717) is 31.3 Å². The summed E-state index contributed by atoms with van der Waals surface area (Å²) in [6.45, 7) is 0. The van der Waals surface area contributed by atoms with Gasteiger partial charge in [0.25, 0.3) is 5.91 Å². The maximum absolute atomic E-state index is 12.2. The first-order valence-corrected chi connectivity index (χ1v) is 10.4. The summed E-state index contributed by atoms with van der Waals surface area (Å²) < 4.78 is 0.874. The lowest BCUT2D eigenvalue weighted by Gasteiger charge is -2.00. The van der Waals surface area contributed by atoms with Crippen LogP contribution in [0.3, 0.4) is 0 Å². The smallest absolute Gasteiger partial charge is 0.257 e. The quantitative estimate of drug-likeness (QED) is 0.374. The third-order valence-corrected chi connectivity index (χ3v) is 5.39. The Balaban J connectivity index is 1.52. The number of nitrogens with zero attached hydrogens (tertiary/aromatic N) is 3. The zero-order valence-corrected chi connectivity index (χ0v) is 18.4. The van der Waals surface area contributed by atoms with E-state index < -0.39 is 0 Å². The van der Waals surface area contributed by atoms with E-state index in [-0.39, 0.29) is 18.2 Å². The van der Waals surface area contributed by atoms with Crippen LogP contribution in [-0.2, 0) is 11.2 Å². The molecule has 1 heterocycles. The molecule has 0 atom stereocenters. The molecule has 0 aliphatic carbocycles. The van der Waals surface area contributed by atoms with Crippen molar-refractivity contribution in [1.29, 1.82) is 0 Å². The van der Waals surface area contributed by atoms with Gasteiger partial charge in [0.15, 0.2) is 0 Å². The number of hydrogen-bond donors (Lipinski definition) is 2. The van der Waals surface area contributed by atoms with E-state index in [1.807, 2.05) is 0 Å². The first kappa shape index (κ1) is 21.4. The zero-order chi connectivity index (χ0) is 20.8. The second kappa shape index (κ2) is 9.93. The maximum Gasteiger partial charge on any atom is 0.257 e. The number of rotatable bonds is 6. The van der Waals surface area contributed by atoms with Crippen LogP contribution in [0.15, 0.2) is 52.0 Å². The van der Waals surface area contributed by atoms with E-state index in [0.717, 1.165) is 15.8 Å². The summed E-state index contributed by atoms with van der Waals surface area (Å²) in [7, 11) is 0. The Morgan fingerprint density at radius 3 is 2.62 bits per heavy atom. The summed E-state index contributed by atoms with van der Waals surface area (Å²) in [6, 6.07) is 11.8. The Morgan fingerprint density at radius 2 is 1.90 bits per heavy atom. The second-order valence-corrected chi connectivity index (χ2v) is 8.42. The van der Waals surface area contributed by atoms with Crippen LogP contribution in [0.4, 0.5) is 5.13 Å². The lowest BCUT2D eigenvalue weighted by molar-refractivity contribution is -0.120. The van der Waals surface area contributed by atoms with Gasteiger partial charge >= 0.3 is 0 Å². The number of anilines is 1. The van der Waals surface area contributed by atoms with Crippen LogP contribution in [-0.4, -0.2) is 28.2 Å². The van der Waals surface area contributed by atoms with Gasteiger partial charge in [0.2, 0.25) is 11.0 Å². The molecular formula is C18H12BrCl2N5O2S. The average Bonchev–Trinajstić information content (AvgIpc) is 3.10. The molecule has 0 spiro atoms. The van der Waals surface area contributed by atoms with Crippen LogP contribution < -0.4 is 10.7 Å². The molecule has 1 aromatic heterocycles. The molecule has 11 heteroatoms. The Bertz CT molecular complexity index is 1070. The molecule has 3 rings (SSSR count). The van der Waals surface area contributed by atoms with Gasteiger partial charge in [0.05, 0.1) is 17.7 Å². The van der Waals surface area contributed by atoms with Crippen LogP contribution >= 0.6 is 50.5 Å². The van der Waals surface area contributed by atoms with Gasteiger partial charge in [-0.05, 0) is 36.4 Å². The van der Waals surface area contributed by atoms with Crippen molar-refractivity contribution >= 4 is 73.6 Å². The van der Waals surface area contributed by atoms with Gasteiger partial charge in [-0.1, -0.05) is 56.5 Å². The Hall–Kier alpha value is -2.33. The number of carbonyl (C=O) groups is 2. The van der Waals surface area contributed by atoms with Crippen LogP contribution in [0.1, 0.15) is 20.9 Å². The minimum Gasteiger partial charge on any atom is -0.296 e. The first-order valence-electron chi connectivity index (χ1n) is 8.07. The first-order chi connectivity index (χ1) is 13.9. The Morgan fingerprint density at radius 1 is 1.14 bits per heavy atom. The Kier molecular flexibility index (Phi) is 7.32. The highest BCUT2D eigenvalue weighted by Crippen LogP contribution is 2.20. The predicted octanol–water partition coefficient (Wildman–Crippen LogP) is 4.55. The standard InChI is InChI=1S/C18H12BrCl2N5O2S/c19-12-4-1-10(2-5-12)17(28)23-18-26-25-16(29-18)8-15(27)24-22-9-11-3-6-13(20)7-14(11)21/h1-7,9H,8H2,(H,24,27)(H,23,26,28)/b22-9-. The SMILES string of the molecule is O=C(Cc1nnc(NC(=O)c2ccc(Br)cc2)s1)N/N=C\c1ccc(Cl)cc1Cl. The number of hydrazone groups is 1. The lowest BCUT2D eigenvalue weighted by Crippen LogP contribution is -2.19. The van der Waals surface area contributed by atoms with Gasteiger partial charge < -0.3 is 0 Å². The van der Waals surface area contributed by atoms with Gasteiger partial charge in [-0.2, -0.15) is 5.10 Å².